The van der Waals surface area contributed by atoms with Crippen LogP contribution in [0.2, 0.25) is 0 Å². The second-order valence-corrected chi connectivity index (χ2v) is 5.40. The summed E-state index contributed by atoms with van der Waals surface area (Å²) in [7, 11) is 2.12. The number of nitrogens with one attached hydrogen (secondary N) is 1. The second kappa shape index (κ2) is 9.19. The van der Waals surface area contributed by atoms with Gasteiger partial charge in [0.1, 0.15) is 18.9 Å². The fourth-order valence-corrected chi connectivity index (χ4v) is 1.81. The molecule has 0 aliphatic rings. The molecule has 1 unspecified atom stereocenters. The van der Waals surface area contributed by atoms with Crippen LogP contribution in [-0.4, -0.2) is 64.2 Å². The van der Waals surface area contributed by atoms with Gasteiger partial charge in [0.15, 0.2) is 0 Å². The molecule has 7 heteroatoms. The van der Waals surface area contributed by atoms with E-state index in [2.05, 4.69) is 39.9 Å². The quantitative estimate of drug-likeness (QED) is 0.614. The van der Waals surface area contributed by atoms with Crippen molar-refractivity contribution < 1.29 is 9.84 Å². The van der Waals surface area contributed by atoms with Crippen molar-refractivity contribution in [3.8, 4) is 5.88 Å². The number of aromatic nitrogens is 2. The molecule has 1 atom stereocenters. The van der Waals surface area contributed by atoms with E-state index in [1.165, 1.54) is 0 Å². The highest BCUT2D eigenvalue weighted by atomic mass is 32.1. The number of aliphatic hydroxyl groups excluding tert-OH is 1. The van der Waals surface area contributed by atoms with Crippen molar-refractivity contribution in [1.29, 1.82) is 0 Å². The van der Waals surface area contributed by atoms with Crippen LogP contribution in [0.15, 0.2) is 6.20 Å². The van der Waals surface area contributed by atoms with Gasteiger partial charge in [0.25, 0.3) is 0 Å². The summed E-state index contributed by atoms with van der Waals surface area (Å²) >= 11 is 1.09. The summed E-state index contributed by atoms with van der Waals surface area (Å²) in [5, 5.41) is 12.9. The Kier molecular flexibility index (Phi) is 7.88. The lowest BCUT2D eigenvalue weighted by molar-refractivity contribution is 0.104. The topological polar surface area (TPSA) is 70.5 Å². The molecule has 1 aromatic rings. The summed E-state index contributed by atoms with van der Waals surface area (Å²) in [6, 6.07) is 0.575. The van der Waals surface area contributed by atoms with Gasteiger partial charge in [0.2, 0.25) is 5.88 Å². The Balaban J connectivity index is 1.97. The molecule has 6 nitrogen and oxygen atoms in total. The average Bonchev–Trinajstić information content (AvgIpc) is 2.88. The van der Waals surface area contributed by atoms with E-state index < -0.39 is 6.10 Å². The van der Waals surface area contributed by atoms with E-state index in [0.29, 0.717) is 18.5 Å². The molecule has 0 saturated heterocycles. The van der Waals surface area contributed by atoms with Gasteiger partial charge in [0, 0.05) is 12.6 Å². The van der Waals surface area contributed by atoms with E-state index in [-0.39, 0.29) is 6.61 Å². The molecule has 0 bridgehead atoms. The lowest BCUT2D eigenvalue weighted by Gasteiger charge is -2.21. The number of rotatable bonds is 10. The Morgan fingerprint density at radius 1 is 1.53 bits per heavy atom. The van der Waals surface area contributed by atoms with Crippen LogP contribution in [0.4, 0.5) is 0 Å². The molecule has 2 N–H and O–H groups in total. The van der Waals surface area contributed by atoms with Gasteiger partial charge >= 0.3 is 0 Å². The third-order valence-electron chi connectivity index (χ3n) is 2.89. The molecule has 0 aliphatic heterocycles. The van der Waals surface area contributed by atoms with Crippen LogP contribution in [-0.2, 0) is 0 Å². The Labute approximate surface area is 119 Å². The van der Waals surface area contributed by atoms with Crippen LogP contribution in [0.5, 0.6) is 5.88 Å². The molecule has 110 valence electrons. The fourth-order valence-electron chi connectivity index (χ4n) is 1.44. The first kappa shape index (κ1) is 16.3. The van der Waals surface area contributed by atoms with Crippen molar-refractivity contribution in [3.05, 3.63) is 6.20 Å². The SMILES string of the molecule is CC(C)N(C)CCCNCC(O)COc1cnsn1. The van der Waals surface area contributed by atoms with E-state index in [9.17, 15) is 5.11 Å². The number of hydrogen-bond acceptors (Lipinski definition) is 7. The maximum Gasteiger partial charge on any atom is 0.245 e. The van der Waals surface area contributed by atoms with E-state index >= 15 is 0 Å². The first-order chi connectivity index (χ1) is 9.09. The van der Waals surface area contributed by atoms with Crippen molar-refractivity contribution >= 4 is 11.7 Å². The Bertz CT molecular complexity index is 322. The van der Waals surface area contributed by atoms with Crippen molar-refractivity contribution in [2.75, 3.05) is 33.3 Å². The van der Waals surface area contributed by atoms with Crippen molar-refractivity contribution in [3.63, 3.8) is 0 Å². The molecule has 1 aromatic heterocycles. The van der Waals surface area contributed by atoms with Gasteiger partial charge in [-0.2, -0.15) is 4.37 Å². The minimum absolute atomic E-state index is 0.240. The molecule has 1 rings (SSSR count). The van der Waals surface area contributed by atoms with Crippen LogP contribution in [0, 0.1) is 0 Å². The van der Waals surface area contributed by atoms with Gasteiger partial charge < -0.3 is 20.1 Å². The smallest absolute Gasteiger partial charge is 0.245 e. The number of hydrogen-bond donors (Lipinski definition) is 2. The summed E-state index contributed by atoms with van der Waals surface area (Å²) in [5.74, 6) is 0.475. The number of ether oxygens (including phenoxy) is 1. The van der Waals surface area contributed by atoms with E-state index in [4.69, 9.17) is 4.74 Å². The summed E-state index contributed by atoms with van der Waals surface area (Å²) in [6.07, 6.45) is 2.09. The highest BCUT2D eigenvalue weighted by molar-refractivity contribution is 6.99. The van der Waals surface area contributed by atoms with Gasteiger partial charge in [-0.25, -0.2) is 0 Å². The molecule has 0 saturated carbocycles. The van der Waals surface area contributed by atoms with Crippen molar-refractivity contribution in [1.82, 2.24) is 19.0 Å². The summed E-state index contributed by atoms with van der Waals surface area (Å²) in [4.78, 5) is 2.30. The van der Waals surface area contributed by atoms with Gasteiger partial charge in [0.05, 0.1) is 11.7 Å². The lowest BCUT2D eigenvalue weighted by atomic mass is 10.3. The van der Waals surface area contributed by atoms with E-state index in [0.717, 1.165) is 31.2 Å². The normalized spacial score (nSPS) is 13.2. The third kappa shape index (κ3) is 7.41. The second-order valence-electron chi connectivity index (χ2n) is 4.84. The van der Waals surface area contributed by atoms with E-state index in [1.807, 2.05) is 0 Å². The predicted molar refractivity (Wildman–Crippen MR) is 76.7 cm³/mol. The average molecular weight is 288 g/mol. The van der Waals surface area contributed by atoms with Crippen LogP contribution in [0.3, 0.4) is 0 Å². The van der Waals surface area contributed by atoms with Crippen LogP contribution in [0.25, 0.3) is 0 Å². The molecular weight excluding hydrogens is 264 g/mol. The van der Waals surface area contributed by atoms with Gasteiger partial charge in [-0.15, -0.1) is 4.37 Å². The lowest BCUT2D eigenvalue weighted by Crippen LogP contribution is -2.34. The van der Waals surface area contributed by atoms with Crippen molar-refractivity contribution in [2.45, 2.75) is 32.4 Å². The highest BCUT2D eigenvalue weighted by Crippen LogP contribution is 2.05. The maximum atomic E-state index is 9.70. The zero-order valence-corrected chi connectivity index (χ0v) is 12.7. The first-order valence-electron chi connectivity index (χ1n) is 6.59. The minimum atomic E-state index is -0.524. The molecule has 0 aliphatic carbocycles. The Morgan fingerprint density at radius 2 is 2.32 bits per heavy atom. The number of nitrogens with zero attached hydrogens (tertiary/aromatic N) is 3. The minimum Gasteiger partial charge on any atom is -0.473 e. The molecule has 1 heterocycles. The van der Waals surface area contributed by atoms with Crippen LogP contribution < -0.4 is 10.1 Å². The molecule has 0 spiro atoms. The van der Waals surface area contributed by atoms with Gasteiger partial charge in [-0.1, -0.05) is 0 Å². The highest BCUT2D eigenvalue weighted by Gasteiger charge is 2.06. The molecule has 0 aromatic carbocycles. The van der Waals surface area contributed by atoms with Crippen molar-refractivity contribution in [2.24, 2.45) is 0 Å². The maximum absolute atomic E-state index is 9.70. The fraction of sp³-hybridized carbons (Fsp3) is 0.833. The third-order valence-corrected chi connectivity index (χ3v) is 3.35. The molecular formula is C12H24N4O2S. The first-order valence-corrected chi connectivity index (χ1v) is 7.32. The van der Waals surface area contributed by atoms with Crippen LogP contribution >= 0.6 is 11.7 Å². The number of aliphatic hydroxyl groups is 1. The van der Waals surface area contributed by atoms with Gasteiger partial charge in [-0.05, 0) is 40.4 Å². The summed E-state index contributed by atoms with van der Waals surface area (Å²) in [5.41, 5.74) is 0. The Hall–Kier alpha value is -0.760. The molecule has 0 amide bonds. The summed E-state index contributed by atoms with van der Waals surface area (Å²) in [6.45, 7) is 7.09. The molecule has 0 radical (unpaired) electrons. The zero-order chi connectivity index (χ0) is 14.1. The zero-order valence-electron chi connectivity index (χ0n) is 11.9. The predicted octanol–water partition coefficient (Wildman–Crippen LogP) is 0.598. The van der Waals surface area contributed by atoms with E-state index in [1.54, 1.807) is 6.20 Å². The molecule has 19 heavy (non-hydrogen) atoms. The summed E-state index contributed by atoms with van der Waals surface area (Å²) < 4.78 is 13.0. The molecule has 0 fully saturated rings. The van der Waals surface area contributed by atoms with Crippen LogP contribution in [0.1, 0.15) is 20.3 Å². The largest absolute Gasteiger partial charge is 0.473 e. The monoisotopic (exact) mass is 288 g/mol. The Morgan fingerprint density at radius 3 is 2.95 bits per heavy atom. The standard InChI is InChI=1S/C12H24N4O2S/c1-10(2)16(3)6-4-5-13-7-11(17)9-18-12-8-14-19-15-12/h8,10-11,13,17H,4-7,9H2,1-3H3. The van der Waals surface area contributed by atoms with Gasteiger partial charge in [-0.3, -0.25) is 0 Å².